The first kappa shape index (κ1) is 47.8. The molecule has 0 unspecified atom stereocenters. The maximum atomic E-state index is 11.8. The lowest BCUT2D eigenvalue weighted by Gasteiger charge is -2.18. The summed E-state index contributed by atoms with van der Waals surface area (Å²) < 4.78 is 30.1. The third-order valence-electron chi connectivity index (χ3n) is 8.48. The van der Waals surface area contributed by atoms with E-state index in [1.807, 2.05) is 0 Å². The van der Waals surface area contributed by atoms with Crippen molar-refractivity contribution in [1.82, 2.24) is 30.4 Å². The number of amides is 1. The normalized spacial score (nSPS) is 13.7. The lowest BCUT2D eigenvalue weighted by Crippen LogP contribution is -2.16. The number of nitriles is 2. The average Bonchev–Trinajstić information content (AvgIpc) is 4.14. The molecule has 0 saturated heterocycles. The fourth-order valence-corrected chi connectivity index (χ4v) is 6.52. The molecule has 1 amide bonds. The number of amidine groups is 1. The van der Waals surface area contributed by atoms with E-state index < -0.39 is 5.91 Å². The molecule has 0 aliphatic carbocycles. The second-order valence-corrected chi connectivity index (χ2v) is 14.0. The fourth-order valence-electron chi connectivity index (χ4n) is 5.56. The van der Waals surface area contributed by atoms with Gasteiger partial charge in [0.25, 0.3) is 5.91 Å². The summed E-state index contributed by atoms with van der Waals surface area (Å²) in [5.74, 6) is -0.164. The average molecular weight is 939 g/mol. The second kappa shape index (κ2) is 24.4. The van der Waals surface area contributed by atoms with Gasteiger partial charge in [-0.25, -0.2) is 9.98 Å². The summed E-state index contributed by atoms with van der Waals surface area (Å²) >= 11 is 24.9. The van der Waals surface area contributed by atoms with E-state index in [2.05, 4.69) is 50.2 Å². The van der Waals surface area contributed by atoms with Crippen molar-refractivity contribution in [3.63, 3.8) is 0 Å². The Morgan fingerprint density at radius 2 is 1.08 bits per heavy atom. The Balaban J connectivity index is 0.000000167. The number of nitrogens with one attached hydrogen (secondary N) is 1. The number of ether oxygens (including phenoxy) is 3. The van der Waals surface area contributed by atoms with E-state index in [0.717, 1.165) is 53.0 Å². The van der Waals surface area contributed by atoms with Crippen LogP contribution in [0.4, 0.5) is 17.1 Å². The highest BCUT2D eigenvalue weighted by molar-refractivity contribution is 6.69. The molecule has 0 atom stereocenters. The Bertz CT molecular complexity index is 2470. The van der Waals surface area contributed by atoms with Crippen LogP contribution in [0.1, 0.15) is 69.5 Å². The number of nitrogens with two attached hydrogens (primary N) is 1. The molecule has 19 nitrogen and oxygen atoms in total. The van der Waals surface area contributed by atoms with Crippen molar-refractivity contribution in [1.29, 1.82) is 10.5 Å². The fraction of sp³-hybridized carbons (Fsp3) is 0.275. The summed E-state index contributed by atoms with van der Waals surface area (Å²) in [5, 5.41) is 30.0. The summed E-state index contributed by atoms with van der Waals surface area (Å²) in [5.41, 5.74) is 13.8. The molecular weight excluding hydrogens is 902 g/mol. The van der Waals surface area contributed by atoms with Gasteiger partial charge in [-0.05, 0) is 0 Å². The maximum Gasteiger partial charge on any atom is 0.277 e. The highest BCUT2D eigenvalue weighted by Crippen LogP contribution is 2.34. The highest BCUT2D eigenvalue weighted by atomic mass is 35.5. The van der Waals surface area contributed by atoms with E-state index in [4.69, 9.17) is 85.9 Å². The summed E-state index contributed by atoms with van der Waals surface area (Å²) in [4.78, 5) is 33.3. The van der Waals surface area contributed by atoms with Crippen LogP contribution < -0.4 is 11.1 Å². The van der Waals surface area contributed by atoms with Gasteiger partial charge in [-0.1, -0.05) is 61.9 Å². The lowest BCUT2D eigenvalue weighted by molar-refractivity contribution is 0.101. The van der Waals surface area contributed by atoms with Gasteiger partial charge in [0.05, 0.1) is 91.1 Å². The van der Waals surface area contributed by atoms with Crippen molar-refractivity contribution in [3.05, 3.63) is 122 Å². The lowest BCUT2D eigenvalue weighted by atomic mass is 10.1. The molecule has 0 spiro atoms. The molecule has 3 aliphatic rings. The predicted octanol–water partition coefficient (Wildman–Crippen LogP) is 8.05. The monoisotopic (exact) mass is 936 g/mol. The molecule has 0 aromatic carbocycles. The van der Waals surface area contributed by atoms with Gasteiger partial charge in [0.1, 0.15) is 41.6 Å². The van der Waals surface area contributed by atoms with E-state index in [-0.39, 0.29) is 16.7 Å². The van der Waals surface area contributed by atoms with Crippen molar-refractivity contribution < 1.29 is 32.6 Å². The molecule has 6 aromatic rings. The topological polar surface area (TPSA) is 272 Å². The standard InChI is InChI=1S/C12H9Cl2N3O2.C12H11ClN4O2.C12H10ClN3O3.2C2H3N/c2*13-11-7-6-18-3-1-8(7)15-5-10(11)16-12(14)9-2-4-19-17-9;13-11-7-6-18-3-1-8(7)14-5-10(11)15-12(17)9-2-4-19-16-9;2*1-2-3/h2,4-5H,1,3,6H2;2,4-5H,1,3,6H2,(H2,14,16);2,4-5H,1,3,6H2,(H,15,17);2*1H3. The number of anilines is 1. The number of carbonyl (C=O) groups is 1. The minimum Gasteiger partial charge on any atom is -0.382 e. The zero-order valence-corrected chi connectivity index (χ0v) is 36.5. The minimum atomic E-state index is -0.394. The molecule has 326 valence electrons. The predicted molar refractivity (Wildman–Crippen MR) is 230 cm³/mol. The molecule has 63 heavy (non-hydrogen) atoms. The summed E-state index contributed by atoms with van der Waals surface area (Å²) in [7, 11) is 0. The van der Waals surface area contributed by atoms with Crippen molar-refractivity contribution in [2.24, 2.45) is 15.7 Å². The molecule has 23 heteroatoms. The number of halogens is 4. The molecular formula is C40H36Cl4N12O7. The molecule has 3 N–H and O–H groups in total. The van der Waals surface area contributed by atoms with Crippen LogP contribution in [0, 0.1) is 22.7 Å². The molecule has 0 bridgehead atoms. The van der Waals surface area contributed by atoms with Crippen LogP contribution in [0.5, 0.6) is 0 Å². The van der Waals surface area contributed by atoms with Crippen LogP contribution in [0.2, 0.25) is 15.1 Å². The van der Waals surface area contributed by atoms with Crippen molar-refractivity contribution in [2.45, 2.75) is 52.9 Å². The quantitative estimate of drug-likeness (QED) is 0.118. The van der Waals surface area contributed by atoms with Crippen LogP contribution >= 0.6 is 46.4 Å². The summed E-state index contributed by atoms with van der Waals surface area (Å²) in [6.07, 6.45) is 11.2. The van der Waals surface area contributed by atoms with Crippen LogP contribution in [-0.2, 0) is 53.3 Å². The first-order chi connectivity index (χ1) is 30.6. The van der Waals surface area contributed by atoms with Crippen LogP contribution in [0.3, 0.4) is 0 Å². The zero-order valence-electron chi connectivity index (χ0n) is 33.5. The molecule has 3 aliphatic heterocycles. The van der Waals surface area contributed by atoms with Gasteiger partial charge in [-0.2, -0.15) is 10.5 Å². The van der Waals surface area contributed by atoms with Gasteiger partial charge in [-0.15, -0.1) is 0 Å². The Hall–Kier alpha value is -6.29. The highest BCUT2D eigenvalue weighted by Gasteiger charge is 2.21. The van der Waals surface area contributed by atoms with Crippen LogP contribution in [-0.4, -0.2) is 67.2 Å². The Morgan fingerprint density at radius 1 is 0.667 bits per heavy atom. The second-order valence-electron chi connectivity index (χ2n) is 12.5. The Labute approximate surface area is 379 Å². The van der Waals surface area contributed by atoms with E-state index >= 15 is 0 Å². The van der Waals surface area contributed by atoms with Crippen molar-refractivity contribution in [2.75, 3.05) is 25.1 Å². The van der Waals surface area contributed by atoms with Gasteiger partial charge in [0.2, 0.25) is 0 Å². The van der Waals surface area contributed by atoms with Gasteiger partial charge >= 0.3 is 0 Å². The SMILES string of the molecule is CC#N.CC#N.ClC(=Nc1cnc2c(c1Cl)COCC2)c1ccon1.NC(=Nc1cnc2c(c1Cl)COCC2)c1ccon1.O=C(Nc1cnc2c(c1Cl)COCC2)c1ccon1. The molecule has 0 fully saturated rings. The molecule has 9 rings (SSSR count). The van der Waals surface area contributed by atoms with Crippen LogP contribution in [0.15, 0.2) is 79.1 Å². The van der Waals surface area contributed by atoms with Crippen molar-refractivity contribution in [3.8, 4) is 12.1 Å². The van der Waals surface area contributed by atoms with E-state index in [1.54, 1.807) is 42.9 Å². The Kier molecular flexibility index (Phi) is 18.5. The molecule has 0 radical (unpaired) electrons. The number of carbonyl (C=O) groups excluding carboxylic acids is 1. The summed E-state index contributed by atoms with van der Waals surface area (Å²) in [6.45, 7) is 6.15. The first-order valence-electron chi connectivity index (χ1n) is 18.5. The number of pyridine rings is 3. The van der Waals surface area contributed by atoms with Crippen LogP contribution in [0.25, 0.3) is 0 Å². The van der Waals surface area contributed by atoms with E-state index in [0.29, 0.717) is 83.2 Å². The number of aliphatic imine (C=N–C) groups is 2. The molecule has 9 heterocycles. The van der Waals surface area contributed by atoms with Crippen molar-refractivity contribution >= 4 is 80.4 Å². The number of aromatic nitrogens is 6. The molecule has 0 saturated carbocycles. The largest absolute Gasteiger partial charge is 0.382 e. The number of hydrogen-bond donors (Lipinski definition) is 2. The molecule has 6 aromatic heterocycles. The minimum absolute atomic E-state index is 0.185. The number of hydrogen-bond acceptors (Lipinski definition) is 17. The first-order valence-corrected chi connectivity index (χ1v) is 20.1. The summed E-state index contributed by atoms with van der Waals surface area (Å²) in [6, 6.07) is 8.22. The van der Waals surface area contributed by atoms with E-state index in [9.17, 15) is 4.79 Å². The van der Waals surface area contributed by atoms with E-state index in [1.165, 1.54) is 38.7 Å². The number of rotatable bonds is 6. The number of fused-ring (bicyclic) bond motifs is 3. The van der Waals surface area contributed by atoms with Gasteiger partial charge in [0, 0.05) is 85.1 Å². The zero-order chi connectivity index (χ0) is 45.1. The van der Waals surface area contributed by atoms with Gasteiger partial charge in [0.15, 0.2) is 16.7 Å². The third-order valence-corrected chi connectivity index (χ3v) is 10.0. The Morgan fingerprint density at radius 3 is 1.54 bits per heavy atom. The maximum absolute atomic E-state index is 11.8. The smallest absolute Gasteiger partial charge is 0.277 e. The van der Waals surface area contributed by atoms with Gasteiger partial charge < -0.3 is 38.8 Å². The third kappa shape index (κ3) is 13.1. The van der Waals surface area contributed by atoms with Gasteiger partial charge in [-0.3, -0.25) is 19.7 Å². The number of nitrogens with zero attached hydrogens (tertiary/aromatic N) is 10.